The lowest BCUT2D eigenvalue weighted by atomic mass is 9.89. The van der Waals surface area contributed by atoms with Crippen molar-refractivity contribution in [2.45, 2.75) is 70.6 Å². The first-order valence-electron chi connectivity index (χ1n) is 14.7. The summed E-state index contributed by atoms with van der Waals surface area (Å²) in [6.07, 6.45) is 7.46. The summed E-state index contributed by atoms with van der Waals surface area (Å²) in [7, 11) is 0. The number of non-ortho nitro benzene ring substituents is 1. The molecule has 1 amide bonds. The zero-order valence-corrected chi connectivity index (χ0v) is 24.0. The number of ether oxygens (including phenoxy) is 1. The number of benzene rings is 3. The number of carbonyl (C=O) groups excluding carboxylic acids is 2. The van der Waals surface area contributed by atoms with Gasteiger partial charge in [0.2, 0.25) is 5.91 Å². The molecular formula is C33H38N4O5. The standard InChI is InChI=1S/C33H38N4O5/c1-2-3-4-6-12-26(33(39)42-24-20-18-23(19-21-24)37(40)41)25-14-11-16-29-31(25)32(27-13-8-9-15-28(27)36-29)35-22-10-5-7-17-30(34)38/h8-9,11,13-16,18-21,26H,2-7,10,12,17,22H2,1H3,(H2,34,38)(H,35,36). The Labute approximate surface area is 245 Å². The van der Waals surface area contributed by atoms with E-state index >= 15 is 0 Å². The van der Waals surface area contributed by atoms with Crippen LogP contribution in [0.2, 0.25) is 0 Å². The number of amides is 1. The van der Waals surface area contributed by atoms with Gasteiger partial charge in [-0.25, -0.2) is 4.98 Å². The molecule has 0 fully saturated rings. The number of fused-ring (bicyclic) bond motifs is 2. The van der Waals surface area contributed by atoms with E-state index in [1.165, 1.54) is 24.3 Å². The number of nitrogens with one attached hydrogen (secondary N) is 1. The molecule has 0 radical (unpaired) electrons. The number of nitro benzene ring substituents is 1. The zero-order valence-electron chi connectivity index (χ0n) is 24.0. The van der Waals surface area contributed by atoms with E-state index in [0.29, 0.717) is 19.4 Å². The summed E-state index contributed by atoms with van der Waals surface area (Å²) >= 11 is 0. The summed E-state index contributed by atoms with van der Waals surface area (Å²) in [5, 5.41) is 16.5. The number of pyridine rings is 1. The summed E-state index contributed by atoms with van der Waals surface area (Å²) in [6, 6.07) is 19.4. The molecule has 0 aliphatic heterocycles. The number of hydrogen-bond acceptors (Lipinski definition) is 7. The maximum absolute atomic E-state index is 13.8. The fourth-order valence-electron chi connectivity index (χ4n) is 5.26. The molecule has 0 saturated carbocycles. The molecule has 0 aliphatic rings. The van der Waals surface area contributed by atoms with Crippen LogP contribution in [0.3, 0.4) is 0 Å². The molecule has 1 atom stereocenters. The minimum absolute atomic E-state index is 0.0664. The van der Waals surface area contributed by atoms with Gasteiger partial charge >= 0.3 is 5.97 Å². The minimum Gasteiger partial charge on any atom is -0.426 e. The highest BCUT2D eigenvalue weighted by molar-refractivity contribution is 6.10. The second-order valence-electron chi connectivity index (χ2n) is 10.5. The Morgan fingerprint density at radius 3 is 2.40 bits per heavy atom. The van der Waals surface area contributed by atoms with Crippen LogP contribution in [0, 0.1) is 10.1 Å². The summed E-state index contributed by atoms with van der Waals surface area (Å²) < 4.78 is 5.80. The van der Waals surface area contributed by atoms with Gasteiger partial charge in [-0.1, -0.05) is 69.4 Å². The first-order valence-corrected chi connectivity index (χ1v) is 14.7. The van der Waals surface area contributed by atoms with Crippen molar-refractivity contribution in [1.82, 2.24) is 4.98 Å². The van der Waals surface area contributed by atoms with Crippen molar-refractivity contribution in [1.29, 1.82) is 0 Å². The lowest BCUT2D eigenvalue weighted by Crippen LogP contribution is -2.20. The number of nitro groups is 1. The van der Waals surface area contributed by atoms with E-state index in [0.717, 1.165) is 78.0 Å². The van der Waals surface area contributed by atoms with Gasteiger partial charge in [0.05, 0.1) is 27.6 Å². The Hall–Kier alpha value is -4.53. The molecule has 3 aromatic carbocycles. The van der Waals surface area contributed by atoms with Gasteiger partial charge in [-0.15, -0.1) is 0 Å². The fraction of sp³-hybridized carbons (Fsp3) is 0.364. The lowest BCUT2D eigenvalue weighted by Gasteiger charge is -2.21. The number of rotatable bonds is 16. The molecule has 1 unspecified atom stereocenters. The average Bonchev–Trinajstić information content (AvgIpc) is 2.98. The van der Waals surface area contributed by atoms with Crippen LogP contribution in [-0.2, 0) is 9.59 Å². The number of unbranched alkanes of at least 4 members (excludes halogenated alkanes) is 5. The number of esters is 1. The fourth-order valence-corrected chi connectivity index (χ4v) is 5.26. The number of para-hydroxylation sites is 1. The van der Waals surface area contributed by atoms with E-state index < -0.39 is 16.8 Å². The van der Waals surface area contributed by atoms with Gasteiger partial charge < -0.3 is 15.8 Å². The monoisotopic (exact) mass is 570 g/mol. The number of hydrogen-bond donors (Lipinski definition) is 2. The van der Waals surface area contributed by atoms with Crippen molar-refractivity contribution in [2.24, 2.45) is 5.73 Å². The number of anilines is 1. The SMILES string of the molecule is CCCCCCC(C(=O)Oc1ccc([N+](=O)[O-])cc1)c1cccc2nc3ccccc3c(NCCCCCC(N)=O)c12. The highest BCUT2D eigenvalue weighted by atomic mass is 16.6. The van der Waals surface area contributed by atoms with Crippen LogP contribution in [0.4, 0.5) is 11.4 Å². The Balaban J connectivity index is 1.71. The molecule has 0 saturated heterocycles. The second kappa shape index (κ2) is 14.9. The smallest absolute Gasteiger partial charge is 0.318 e. The van der Waals surface area contributed by atoms with Crippen molar-refractivity contribution in [3.05, 3.63) is 82.4 Å². The summed E-state index contributed by atoms with van der Waals surface area (Å²) in [6.45, 7) is 2.83. The second-order valence-corrected chi connectivity index (χ2v) is 10.5. The lowest BCUT2D eigenvalue weighted by molar-refractivity contribution is -0.384. The quantitative estimate of drug-likeness (QED) is 0.0357. The van der Waals surface area contributed by atoms with E-state index in [2.05, 4.69) is 12.2 Å². The highest BCUT2D eigenvalue weighted by Gasteiger charge is 2.27. The number of aromatic nitrogens is 1. The molecule has 0 spiro atoms. The number of carbonyl (C=O) groups is 2. The summed E-state index contributed by atoms with van der Waals surface area (Å²) in [5.41, 5.74) is 8.61. The van der Waals surface area contributed by atoms with E-state index in [4.69, 9.17) is 15.5 Å². The predicted octanol–water partition coefficient (Wildman–Crippen LogP) is 7.41. The van der Waals surface area contributed by atoms with Gasteiger partial charge in [-0.05, 0) is 49.1 Å². The number of primary amides is 1. The third kappa shape index (κ3) is 7.81. The Morgan fingerprint density at radius 1 is 0.929 bits per heavy atom. The average molecular weight is 571 g/mol. The van der Waals surface area contributed by atoms with Crippen molar-refractivity contribution in [3.63, 3.8) is 0 Å². The molecule has 4 aromatic rings. The van der Waals surface area contributed by atoms with Crippen LogP contribution in [0.1, 0.15) is 76.2 Å². The number of nitrogens with zero attached hydrogens (tertiary/aromatic N) is 2. The molecule has 42 heavy (non-hydrogen) atoms. The van der Waals surface area contributed by atoms with Gasteiger partial charge in [0.25, 0.3) is 5.69 Å². The first kappa shape index (κ1) is 30.4. The van der Waals surface area contributed by atoms with Crippen molar-refractivity contribution in [3.8, 4) is 5.75 Å². The molecule has 1 aromatic heterocycles. The van der Waals surface area contributed by atoms with E-state index in [9.17, 15) is 19.7 Å². The maximum atomic E-state index is 13.8. The van der Waals surface area contributed by atoms with Crippen molar-refractivity contribution in [2.75, 3.05) is 11.9 Å². The molecular weight excluding hydrogens is 532 g/mol. The van der Waals surface area contributed by atoms with Crippen LogP contribution < -0.4 is 15.8 Å². The molecule has 9 nitrogen and oxygen atoms in total. The maximum Gasteiger partial charge on any atom is 0.318 e. The van der Waals surface area contributed by atoms with Crippen LogP contribution in [-0.4, -0.2) is 28.3 Å². The zero-order chi connectivity index (χ0) is 29.9. The van der Waals surface area contributed by atoms with Crippen LogP contribution in [0.5, 0.6) is 5.75 Å². The van der Waals surface area contributed by atoms with Crippen LogP contribution >= 0.6 is 0 Å². The minimum atomic E-state index is -0.556. The van der Waals surface area contributed by atoms with Crippen molar-refractivity contribution < 1.29 is 19.2 Å². The van der Waals surface area contributed by atoms with E-state index in [1.54, 1.807) is 0 Å². The van der Waals surface area contributed by atoms with Crippen molar-refractivity contribution >= 4 is 45.1 Å². The van der Waals surface area contributed by atoms with Gasteiger partial charge in [0, 0.05) is 35.9 Å². The molecule has 4 rings (SSSR count). The molecule has 1 heterocycles. The Bertz CT molecular complexity index is 1540. The summed E-state index contributed by atoms with van der Waals surface area (Å²) in [4.78, 5) is 40.4. The molecule has 0 bridgehead atoms. The van der Waals surface area contributed by atoms with Gasteiger partial charge in [-0.3, -0.25) is 19.7 Å². The van der Waals surface area contributed by atoms with Gasteiger partial charge in [0.15, 0.2) is 0 Å². The Morgan fingerprint density at radius 2 is 1.67 bits per heavy atom. The first-order chi connectivity index (χ1) is 20.4. The molecule has 0 aliphatic carbocycles. The van der Waals surface area contributed by atoms with E-state index in [1.807, 2.05) is 42.5 Å². The van der Waals surface area contributed by atoms with Crippen LogP contribution in [0.15, 0.2) is 66.7 Å². The molecule has 220 valence electrons. The Kier molecular flexibility index (Phi) is 10.8. The van der Waals surface area contributed by atoms with Crippen LogP contribution in [0.25, 0.3) is 21.8 Å². The molecule has 9 heteroatoms. The van der Waals surface area contributed by atoms with E-state index in [-0.39, 0.29) is 17.3 Å². The number of nitrogens with two attached hydrogens (primary N) is 1. The topological polar surface area (TPSA) is 137 Å². The van der Waals surface area contributed by atoms with Gasteiger partial charge in [-0.2, -0.15) is 0 Å². The normalized spacial score (nSPS) is 11.8. The third-order valence-corrected chi connectivity index (χ3v) is 7.41. The molecule has 3 N–H and O–H groups in total. The third-order valence-electron chi connectivity index (χ3n) is 7.41. The predicted molar refractivity (Wildman–Crippen MR) is 166 cm³/mol. The van der Waals surface area contributed by atoms with Gasteiger partial charge in [0.1, 0.15) is 5.75 Å². The summed E-state index contributed by atoms with van der Waals surface area (Å²) in [5.74, 6) is -0.982. The largest absolute Gasteiger partial charge is 0.426 e. The highest BCUT2D eigenvalue weighted by Crippen LogP contribution is 2.38.